The monoisotopic (exact) mass is 252 g/mol. The Bertz CT molecular complexity index is 335. The van der Waals surface area contributed by atoms with Gasteiger partial charge >= 0.3 is 0 Å². The Labute approximate surface area is 109 Å². The fourth-order valence-corrected chi connectivity index (χ4v) is 3.65. The summed E-state index contributed by atoms with van der Waals surface area (Å²) in [5, 5.41) is 0. The van der Waals surface area contributed by atoms with Crippen molar-refractivity contribution in [3.8, 4) is 0 Å². The minimum Gasteiger partial charge on any atom is -0.326 e. The molecule has 0 spiro atoms. The predicted octanol–water partition coefficient (Wildman–Crippen LogP) is 3.36. The number of nitrogens with two attached hydrogens (primary N) is 1. The van der Waals surface area contributed by atoms with Gasteiger partial charge < -0.3 is 5.73 Å². The summed E-state index contributed by atoms with van der Waals surface area (Å²) >= 11 is 1.88. The first-order valence-corrected chi connectivity index (χ1v) is 7.67. The van der Waals surface area contributed by atoms with Crippen molar-refractivity contribution in [3.05, 3.63) is 21.9 Å². The molecule has 2 N–H and O–H groups in total. The summed E-state index contributed by atoms with van der Waals surface area (Å²) in [4.78, 5) is 5.47. The second-order valence-corrected chi connectivity index (χ2v) is 6.21. The molecule has 17 heavy (non-hydrogen) atoms. The van der Waals surface area contributed by atoms with Crippen LogP contribution in [0.25, 0.3) is 0 Å². The highest BCUT2D eigenvalue weighted by atomic mass is 32.1. The molecule has 0 bridgehead atoms. The van der Waals surface area contributed by atoms with Crippen molar-refractivity contribution >= 4 is 11.3 Å². The Balaban J connectivity index is 1.99. The Morgan fingerprint density at radius 3 is 2.82 bits per heavy atom. The highest BCUT2D eigenvalue weighted by molar-refractivity contribution is 7.11. The van der Waals surface area contributed by atoms with Gasteiger partial charge in [-0.2, -0.15) is 0 Å². The van der Waals surface area contributed by atoms with Gasteiger partial charge in [0.15, 0.2) is 0 Å². The van der Waals surface area contributed by atoms with Crippen LogP contribution in [0.15, 0.2) is 12.1 Å². The third-order valence-electron chi connectivity index (χ3n) is 3.75. The minimum absolute atomic E-state index is 0.682. The Hall–Kier alpha value is -0.380. The van der Waals surface area contributed by atoms with E-state index in [1.165, 1.54) is 48.4 Å². The van der Waals surface area contributed by atoms with Crippen molar-refractivity contribution in [3.63, 3.8) is 0 Å². The predicted molar refractivity (Wildman–Crippen MR) is 75.2 cm³/mol. The summed E-state index contributed by atoms with van der Waals surface area (Å²) in [5.74, 6) is 0. The molecule has 0 saturated carbocycles. The third kappa shape index (κ3) is 3.54. The molecule has 2 rings (SSSR count). The molecule has 2 nitrogen and oxygen atoms in total. The summed E-state index contributed by atoms with van der Waals surface area (Å²) in [5.41, 5.74) is 5.67. The first kappa shape index (κ1) is 13.1. The molecule has 2 heterocycles. The molecule has 96 valence electrons. The highest BCUT2D eigenvalue weighted by Gasteiger charge is 2.19. The van der Waals surface area contributed by atoms with Crippen molar-refractivity contribution in [2.75, 3.05) is 6.54 Å². The van der Waals surface area contributed by atoms with Crippen LogP contribution in [0, 0.1) is 0 Å². The molecular formula is C14H24N2S. The van der Waals surface area contributed by atoms with E-state index in [1.54, 1.807) is 0 Å². The maximum absolute atomic E-state index is 5.67. The van der Waals surface area contributed by atoms with Gasteiger partial charge in [0, 0.05) is 28.9 Å². The summed E-state index contributed by atoms with van der Waals surface area (Å²) in [6.45, 7) is 5.40. The smallest absolute Gasteiger partial charge is 0.0330 e. The normalized spacial score (nSPS) is 22.6. The molecule has 1 aliphatic rings. The van der Waals surface area contributed by atoms with Crippen LogP contribution < -0.4 is 5.73 Å². The van der Waals surface area contributed by atoms with Crippen LogP contribution in [-0.2, 0) is 13.1 Å². The van der Waals surface area contributed by atoms with Crippen LogP contribution in [0.1, 0.15) is 48.8 Å². The molecule has 3 heteroatoms. The lowest BCUT2D eigenvalue weighted by Gasteiger charge is -2.28. The van der Waals surface area contributed by atoms with Gasteiger partial charge in [0.05, 0.1) is 0 Å². The Kier molecular flexibility index (Phi) is 5.01. The van der Waals surface area contributed by atoms with E-state index in [-0.39, 0.29) is 0 Å². The van der Waals surface area contributed by atoms with E-state index < -0.39 is 0 Å². The highest BCUT2D eigenvalue weighted by Crippen LogP contribution is 2.24. The SMILES string of the molecule is CCC1CCCCCN1Cc1ccc(CN)s1. The number of likely N-dealkylation sites (tertiary alicyclic amines) is 1. The molecule has 0 amide bonds. The fraction of sp³-hybridized carbons (Fsp3) is 0.714. The summed E-state index contributed by atoms with van der Waals surface area (Å²) < 4.78 is 0. The van der Waals surface area contributed by atoms with Gasteiger partial charge in [-0.3, -0.25) is 4.90 Å². The second-order valence-electron chi connectivity index (χ2n) is 4.95. The Morgan fingerprint density at radius 2 is 2.12 bits per heavy atom. The maximum Gasteiger partial charge on any atom is 0.0330 e. The van der Waals surface area contributed by atoms with E-state index in [4.69, 9.17) is 5.73 Å². The quantitative estimate of drug-likeness (QED) is 0.890. The van der Waals surface area contributed by atoms with Crippen LogP contribution in [0.4, 0.5) is 0 Å². The molecule has 1 unspecified atom stereocenters. The lowest BCUT2D eigenvalue weighted by Crippen LogP contribution is -2.33. The van der Waals surface area contributed by atoms with Crippen LogP contribution in [0.2, 0.25) is 0 Å². The van der Waals surface area contributed by atoms with Gasteiger partial charge in [0.1, 0.15) is 0 Å². The average Bonchev–Trinajstić information content (AvgIpc) is 2.68. The number of hydrogen-bond donors (Lipinski definition) is 1. The van der Waals surface area contributed by atoms with Crippen LogP contribution in [-0.4, -0.2) is 17.5 Å². The molecular weight excluding hydrogens is 228 g/mol. The van der Waals surface area contributed by atoms with Crippen molar-refractivity contribution in [2.24, 2.45) is 5.73 Å². The van der Waals surface area contributed by atoms with Gasteiger partial charge in [-0.15, -0.1) is 11.3 Å². The molecule has 1 aromatic rings. The van der Waals surface area contributed by atoms with E-state index in [0.717, 1.165) is 12.6 Å². The fourth-order valence-electron chi connectivity index (χ4n) is 2.72. The summed E-state index contributed by atoms with van der Waals surface area (Å²) in [6.07, 6.45) is 6.85. The van der Waals surface area contributed by atoms with Crippen molar-refractivity contribution in [2.45, 2.75) is 58.2 Å². The van der Waals surface area contributed by atoms with Crippen LogP contribution >= 0.6 is 11.3 Å². The molecule has 1 aliphatic heterocycles. The Morgan fingerprint density at radius 1 is 1.29 bits per heavy atom. The number of thiophene rings is 1. The molecule has 1 saturated heterocycles. The van der Waals surface area contributed by atoms with Gasteiger partial charge in [-0.05, 0) is 37.9 Å². The maximum atomic E-state index is 5.67. The van der Waals surface area contributed by atoms with Gasteiger partial charge in [0.25, 0.3) is 0 Å². The molecule has 0 radical (unpaired) electrons. The lowest BCUT2D eigenvalue weighted by molar-refractivity contribution is 0.188. The third-order valence-corrected chi connectivity index (χ3v) is 4.84. The molecule has 1 atom stereocenters. The minimum atomic E-state index is 0.682. The number of hydrogen-bond acceptors (Lipinski definition) is 3. The van der Waals surface area contributed by atoms with Crippen LogP contribution in [0.5, 0.6) is 0 Å². The van der Waals surface area contributed by atoms with Gasteiger partial charge in [-0.25, -0.2) is 0 Å². The zero-order valence-corrected chi connectivity index (χ0v) is 11.6. The number of rotatable bonds is 4. The zero-order valence-electron chi connectivity index (χ0n) is 10.8. The number of nitrogens with zero attached hydrogens (tertiary/aromatic N) is 1. The molecule has 0 aromatic carbocycles. The first-order valence-electron chi connectivity index (χ1n) is 6.85. The lowest BCUT2D eigenvalue weighted by atomic mass is 10.1. The molecule has 0 aliphatic carbocycles. The topological polar surface area (TPSA) is 29.3 Å². The van der Waals surface area contributed by atoms with Crippen molar-refractivity contribution in [1.29, 1.82) is 0 Å². The molecule has 1 fully saturated rings. The van der Waals surface area contributed by atoms with E-state index in [0.29, 0.717) is 6.54 Å². The standard InChI is InChI=1S/C14H24N2S/c1-2-12-6-4-3-5-9-16(12)11-14-8-7-13(10-15)17-14/h7-8,12H,2-6,9-11,15H2,1H3. The van der Waals surface area contributed by atoms with Gasteiger partial charge in [0.2, 0.25) is 0 Å². The van der Waals surface area contributed by atoms with Crippen LogP contribution in [0.3, 0.4) is 0 Å². The second kappa shape index (κ2) is 6.53. The van der Waals surface area contributed by atoms with E-state index in [9.17, 15) is 0 Å². The van der Waals surface area contributed by atoms with Crippen molar-refractivity contribution in [1.82, 2.24) is 4.90 Å². The zero-order chi connectivity index (χ0) is 12.1. The summed E-state index contributed by atoms with van der Waals surface area (Å²) in [7, 11) is 0. The molecule has 1 aromatic heterocycles. The van der Waals surface area contributed by atoms with E-state index in [2.05, 4.69) is 24.0 Å². The van der Waals surface area contributed by atoms with Crippen molar-refractivity contribution < 1.29 is 0 Å². The first-order chi connectivity index (χ1) is 8.33. The van der Waals surface area contributed by atoms with E-state index in [1.807, 2.05) is 11.3 Å². The van der Waals surface area contributed by atoms with Gasteiger partial charge in [-0.1, -0.05) is 19.8 Å². The summed E-state index contributed by atoms with van der Waals surface area (Å²) in [6, 6.07) is 5.23. The largest absolute Gasteiger partial charge is 0.326 e. The van der Waals surface area contributed by atoms with E-state index >= 15 is 0 Å². The average molecular weight is 252 g/mol.